The van der Waals surface area contributed by atoms with E-state index in [1.165, 1.54) is 12.8 Å². The van der Waals surface area contributed by atoms with Gasteiger partial charge in [0, 0.05) is 24.3 Å². The number of rotatable bonds is 8. The third-order valence-electron chi connectivity index (χ3n) is 3.41. The summed E-state index contributed by atoms with van der Waals surface area (Å²) in [5.74, 6) is 0.757. The van der Waals surface area contributed by atoms with Gasteiger partial charge in [-0.1, -0.05) is 6.07 Å². The summed E-state index contributed by atoms with van der Waals surface area (Å²) in [6.45, 7) is 2.00. The van der Waals surface area contributed by atoms with E-state index in [9.17, 15) is 4.79 Å². The van der Waals surface area contributed by atoms with Gasteiger partial charge in [-0.15, -0.1) is 0 Å². The number of benzene rings is 1. The first-order valence-electron chi connectivity index (χ1n) is 7.11. The summed E-state index contributed by atoms with van der Waals surface area (Å²) in [6.07, 6.45) is 3.32. The number of methoxy groups -OCH3 is 1. The third-order valence-corrected chi connectivity index (χ3v) is 3.41. The van der Waals surface area contributed by atoms with E-state index in [0.717, 1.165) is 24.4 Å². The number of anilines is 1. The third kappa shape index (κ3) is 4.51. The molecule has 1 amide bonds. The van der Waals surface area contributed by atoms with E-state index in [1.807, 2.05) is 24.3 Å². The van der Waals surface area contributed by atoms with E-state index in [4.69, 9.17) is 10.5 Å². The number of ether oxygens (including phenoxy) is 1. The summed E-state index contributed by atoms with van der Waals surface area (Å²) in [7, 11) is 1.61. The lowest BCUT2D eigenvalue weighted by Gasteiger charge is -2.21. The summed E-state index contributed by atoms with van der Waals surface area (Å²) in [6, 6.07) is 7.97. The number of nitrogens with one attached hydrogen (secondary N) is 1. The van der Waals surface area contributed by atoms with Crippen molar-refractivity contribution in [3.05, 3.63) is 24.3 Å². The van der Waals surface area contributed by atoms with E-state index in [2.05, 4.69) is 10.2 Å². The van der Waals surface area contributed by atoms with Gasteiger partial charge in [-0.05, 0) is 37.9 Å². The van der Waals surface area contributed by atoms with E-state index in [0.29, 0.717) is 19.1 Å². The molecule has 1 aliphatic rings. The molecule has 0 radical (unpaired) electrons. The Balaban J connectivity index is 1.86. The Kier molecular flexibility index (Phi) is 5.38. The van der Waals surface area contributed by atoms with E-state index in [-0.39, 0.29) is 5.91 Å². The smallest absolute Gasteiger partial charge is 0.238 e. The fraction of sp³-hybridized carbons (Fsp3) is 0.533. The number of nitrogens with two attached hydrogens (primary N) is 1. The summed E-state index contributed by atoms with van der Waals surface area (Å²) >= 11 is 0. The van der Waals surface area contributed by atoms with Crippen LogP contribution in [0.25, 0.3) is 0 Å². The molecule has 110 valence electrons. The van der Waals surface area contributed by atoms with Crippen LogP contribution in [0, 0.1) is 0 Å². The monoisotopic (exact) mass is 277 g/mol. The zero-order valence-corrected chi connectivity index (χ0v) is 12.0. The van der Waals surface area contributed by atoms with Gasteiger partial charge in [-0.3, -0.25) is 9.69 Å². The first-order valence-corrected chi connectivity index (χ1v) is 7.11. The number of hydrogen-bond acceptors (Lipinski definition) is 4. The molecule has 1 aromatic rings. The van der Waals surface area contributed by atoms with Gasteiger partial charge in [0.25, 0.3) is 0 Å². The largest absolute Gasteiger partial charge is 0.497 e. The fourth-order valence-electron chi connectivity index (χ4n) is 2.21. The van der Waals surface area contributed by atoms with Gasteiger partial charge in [0.2, 0.25) is 5.91 Å². The second-order valence-electron chi connectivity index (χ2n) is 5.12. The zero-order chi connectivity index (χ0) is 14.4. The van der Waals surface area contributed by atoms with Gasteiger partial charge in [-0.2, -0.15) is 0 Å². The minimum atomic E-state index is 0.0159. The SMILES string of the molecule is COc1cccc(NC(=O)CN(CCCN)C2CC2)c1. The summed E-state index contributed by atoms with van der Waals surface area (Å²) < 4.78 is 5.14. The molecular formula is C15H23N3O2. The van der Waals surface area contributed by atoms with Crippen molar-refractivity contribution >= 4 is 11.6 Å². The molecule has 1 fully saturated rings. The molecule has 2 rings (SSSR count). The van der Waals surface area contributed by atoms with Gasteiger partial charge in [0.15, 0.2) is 0 Å². The van der Waals surface area contributed by atoms with Gasteiger partial charge in [0.05, 0.1) is 13.7 Å². The lowest BCUT2D eigenvalue weighted by atomic mass is 10.3. The van der Waals surface area contributed by atoms with E-state index < -0.39 is 0 Å². The van der Waals surface area contributed by atoms with Crippen LogP contribution in [0.2, 0.25) is 0 Å². The van der Waals surface area contributed by atoms with Crippen LogP contribution in [0.15, 0.2) is 24.3 Å². The molecule has 20 heavy (non-hydrogen) atoms. The van der Waals surface area contributed by atoms with Crippen molar-refractivity contribution in [3.8, 4) is 5.75 Å². The van der Waals surface area contributed by atoms with Crippen LogP contribution in [0.3, 0.4) is 0 Å². The van der Waals surface area contributed by atoms with Crippen molar-refractivity contribution < 1.29 is 9.53 Å². The standard InChI is InChI=1S/C15H23N3O2/c1-20-14-5-2-4-12(10-14)17-15(19)11-18(9-3-8-16)13-6-7-13/h2,4-5,10,13H,3,6-9,11,16H2,1H3,(H,17,19). The van der Waals surface area contributed by atoms with Crippen LogP contribution >= 0.6 is 0 Å². The minimum Gasteiger partial charge on any atom is -0.497 e. The number of nitrogens with zero attached hydrogens (tertiary/aromatic N) is 1. The lowest BCUT2D eigenvalue weighted by Crippen LogP contribution is -2.36. The van der Waals surface area contributed by atoms with E-state index in [1.54, 1.807) is 7.11 Å². The molecule has 1 saturated carbocycles. The highest BCUT2D eigenvalue weighted by Gasteiger charge is 2.29. The Morgan fingerprint density at radius 1 is 1.50 bits per heavy atom. The minimum absolute atomic E-state index is 0.0159. The highest BCUT2D eigenvalue weighted by Crippen LogP contribution is 2.26. The molecule has 0 spiro atoms. The molecule has 0 aromatic heterocycles. The van der Waals surface area contributed by atoms with Gasteiger partial charge in [-0.25, -0.2) is 0 Å². The summed E-state index contributed by atoms with van der Waals surface area (Å²) in [5, 5.41) is 2.91. The fourth-order valence-corrected chi connectivity index (χ4v) is 2.21. The van der Waals surface area contributed by atoms with Gasteiger partial charge in [0.1, 0.15) is 5.75 Å². The molecule has 3 N–H and O–H groups in total. The maximum absolute atomic E-state index is 12.1. The van der Waals surface area contributed by atoms with Crippen LogP contribution in [0.5, 0.6) is 5.75 Å². The van der Waals surface area contributed by atoms with Crippen LogP contribution in [0.1, 0.15) is 19.3 Å². The molecule has 0 unspecified atom stereocenters. The maximum atomic E-state index is 12.1. The summed E-state index contributed by atoms with van der Waals surface area (Å²) in [4.78, 5) is 14.3. The van der Waals surface area contributed by atoms with Crippen molar-refractivity contribution in [1.29, 1.82) is 0 Å². The molecule has 0 saturated heterocycles. The predicted molar refractivity (Wildman–Crippen MR) is 79.9 cm³/mol. The molecular weight excluding hydrogens is 254 g/mol. The molecule has 0 heterocycles. The van der Waals surface area contributed by atoms with Crippen molar-refractivity contribution in [2.75, 3.05) is 32.1 Å². The lowest BCUT2D eigenvalue weighted by molar-refractivity contribution is -0.117. The normalized spacial score (nSPS) is 14.3. The van der Waals surface area contributed by atoms with Gasteiger partial charge < -0.3 is 15.8 Å². The highest BCUT2D eigenvalue weighted by molar-refractivity contribution is 5.92. The molecule has 0 aliphatic heterocycles. The summed E-state index contributed by atoms with van der Waals surface area (Å²) in [5.41, 5.74) is 6.31. The van der Waals surface area contributed by atoms with Crippen LogP contribution < -0.4 is 15.8 Å². The quantitative estimate of drug-likeness (QED) is 0.754. The van der Waals surface area contributed by atoms with Crippen molar-refractivity contribution in [2.45, 2.75) is 25.3 Å². The zero-order valence-electron chi connectivity index (χ0n) is 12.0. The predicted octanol–water partition coefficient (Wildman–Crippen LogP) is 1.45. The molecule has 0 atom stereocenters. The van der Waals surface area contributed by atoms with Crippen LogP contribution in [-0.4, -0.2) is 43.6 Å². The maximum Gasteiger partial charge on any atom is 0.238 e. The van der Waals surface area contributed by atoms with Crippen LogP contribution in [0.4, 0.5) is 5.69 Å². The Morgan fingerprint density at radius 3 is 2.95 bits per heavy atom. The Hall–Kier alpha value is -1.59. The molecule has 1 aromatic carbocycles. The Morgan fingerprint density at radius 2 is 2.30 bits per heavy atom. The average molecular weight is 277 g/mol. The Bertz CT molecular complexity index is 446. The van der Waals surface area contributed by atoms with Crippen molar-refractivity contribution in [1.82, 2.24) is 4.90 Å². The number of carbonyl (C=O) groups excluding carboxylic acids is 1. The average Bonchev–Trinajstić information content (AvgIpc) is 3.28. The second-order valence-corrected chi connectivity index (χ2v) is 5.12. The number of hydrogen-bond donors (Lipinski definition) is 2. The van der Waals surface area contributed by atoms with Crippen molar-refractivity contribution in [3.63, 3.8) is 0 Å². The molecule has 1 aliphatic carbocycles. The highest BCUT2D eigenvalue weighted by atomic mass is 16.5. The van der Waals surface area contributed by atoms with Crippen molar-refractivity contribution in [2.24, 2.45) is 5.73 Å². The number of amides is 1. The van der Waals surface area contributed by atoms with E-state index >= 15 is 0 Å². The van der Waals surface area contributed by atoms with Crippen LogP contribution in [-0.2, 0) is 4.79 Å². The molecule has 5 nitrogen and oxygen atoms in total. The second kappa shape index (κ2) is 7.26. The molecule has 5 heteroatoms. The first-order chi connectivity index (χ1) is 9.72. The molecule has 0 bridgehead atoms. The Labute approximate surface area is 120 Å². The first kappa shape index (κ1) is 14.8. The topological polar surface area (TPSA) is 67.6 Å². The number of carbonyl (C=O) groups is 1. The van der Waals surface area contributed by atoms with Gasteiger partial charge >= 0.3 is 0 Å².